The molecule has 2 N–H and O–H groups in total. The number of aromatic amines is 1. The van der Waals surface area contributed by atoms with Gasteiger partial charge in [0.25, 0.3) is 5.91 Å². The van der Waals surface area contributed by atoms with Gasteiger partial charge in [-0.3, -0.25) is 4.79 Å². The minimum atomic E-state index is -0.646. The fraction of sp³-hybridized carbons (Fsp3) is 0.567. The maximum Gasteiger partial charge on any atom is 0.410 e. The quantitative estimate of drug-likeness (QED) is 0.349. The van der Waals surface area contributed by atoms with Crippen LogP contribution in [0.2, 0.25) is 0 Å². The molecular weight excluding hydrogens is 556 g/mol. The lowest BCUT2D eigenvalue weighted by atomic mass is 10.0. The van der Waals surface area contributed by atoms with E-state index in [4.69, 9.17) is 9.47 Å². The summed E-state index contributed by atoms with van der Waals surface area (Å²) in [5.41, 5.74) is 0.817. The molecule has 1 unspecified atom stereocenters. The molecule has 4 rings (SSSR count). The van der Waals surface area contributed by atoms with Crippen LogP contribution in [0, 0.1) is 0 Å². The summed E-state index contributed by atoms with van der Waals surface area (Å²) >= 11 is 1.37. The third kappa shape index (κ3) is 8.91. The highest BCUT2D eigenvalue weighted by Gasteiger charge is 2.31. The van der Waals surface area contributed by atoms with Gasteiger partial charge < -0.3 is 29.6 Å². The lowest BCUT2D eigenvalue weighted by Gasteiger charge is -2.36. The molecule has 1 fully saturated rings. The van der Waals surface area contributed by atoms with Gasteiger partial charge in [-0.2, -0.15) is 0 Å². The molecule has 1 aromatic carbocycles. The Hall–Kier alpha value is -3.67. The summed E-state index contributed by atoms with van der Waals surface area (Å²) in [5.74, 6) is 0.364. The molecule has 0 saturated carbocycles. The number of benzene rings is 1. The van der Waals surface area contributed by atoms with Crippen molar-refractivity contribution in [2.24, 2.45) is 0 Å². The number of piperidine rings is 1. The molecule has 0 spiro atoms. The largest absolute Gasteiger partial charge is 0.444 e. The number of rotatable bonds is 8. The smallest absolute Gasteiger partial charge is 0.410 e. The lowest BCUT2D eigenvalue weighted by Crippen LogP contribution is -2.50. The number of thiazole rings is 1. The minimum Gasteiger partial charge on any atom is -0.444 e. The van der Waals surface area contributed by atoms with Gasteiger partial charge in [0.15, 0.2) is 0 Å². The van der Waals surface area contributed by atoms with Gasteiger partial charge in [0.05, 0.1) is 28.6 Å². The number of nitrogens with one attached hydrogen (secondary N) is 2. The predicted molar refractivity (Wildman–Crippen MR) is 161 cm³/mol. The van der Waals surface area contributed by atoms with E-state index in [0.717, 1.165) is 35.3 Å². The van der Waals surface area contributed by atoms with Crippen molar-refractivity contribution in [1.82, 2.24) is 30.1 Å². The Balaban J connectivity index is 1.35. The number of H-pyrrole nitrogens is 1. The molecule has 3 amide bonds. The molecule has 3 aromatic rings. The van der Waals surface area contributed by atoms with Crippen LogP contribution in [0.3, 0.4) is 0 Å². The van der Waals surface area contributed by atoms with Crippen LogP contribution in [-0.2, 0) is 22.4 Å². The van der Waals surface area contributed by atoms with Gasteiger partial charge in [0, 0.05) is 31.4 Å². The maximum atomic E-state index is 13.0. The van der Waals surface area contributed by atoms with Crippen LogP contribution in [0.5, 0.6) is 0 Å². The number of aromatic nitrogens is 3. The molecule has 12 heteroatoms. The van der Waals surface area contributed by atoms with Crippen LogP contribution >= 0.6 is 11.3 Å². The van der Waals surface area contributed by atoms with E-state index in [1.54, 1.807) is 15.2 Å². The summed E-state index contributed by atoms with van der Waals surface area (Å²) in [5, 5.41) is 5.39. The topological polar surface area (TPSA) is 130 Å². The van der Waals surface area contributed by atoms with Crippen LogP contribution in [0.25, 0.3) is 11.0 Å². The van der Waals surface area contributed by atoms with Crippen molar-refractivity contribution < 1.29 is 23.9 Å². The number of hydrogen-bond donors (Lipinski definition) is 2. The number of imidazole rings is 1. The first-order valence-corrected chi connectivity index (χ1v) is 15.3. The van der Waals surface area contributed by atoms with Gasteiger partial charge in [-0.25, -0.2) is 19.6 Å². The van der Waals surface area contributed by atoms with Gasteiger partial charge in [0.2, 0.25) is 0 Å². The second-order valence-electron chi connectivity index (χ2n) is 12.5. The number of likely N-dealkylation sites (tertiary alicyclic amines) is 1. The summed E-state index contributed by atoms with van der Waals surface area (Å²) in [7, 11) is 0. The van der Waals surface area contributed by atoms with Crippen molar-refractivity contribution >= 4 is 40.5 Å². The molecule has 0 bridgehead atoms. The molecule has 11 nitrogen and oxygen atoms in total. The molecule has 1 atom stereocenters. The molecule has 0 radical (unpaired) electrons. The number of carbonyl (C=O) groups is 3. The van der Waals surface area contributed by atoms with Gasteiger partial charge in [-0.05, 0) is 72.9 Å². The first kappa shape index (κ1) is 31.3. The standard InChI is InChI=1S/C30H42N6O5S/c1-29(2,3)40-27(38)35(18-24-32-21-12-7-8-13-22(21)33-24)16-14-25-34-23(19-42-25)26(37)31-17-20-11-9-10-15-36(20)28(39)41-30(4,5)6/h7-8,12-13,19-20H,9-11,14-18H2,1-6H3,(H,31,37)(H,32,33). The second-order valence-corrected chi connectivity index (χ2v) is 13.5. The van der Waals surface area contributed by atoms with Gasteiger partial charge in [0.1, 0.15) is 22.7 Å². The molecule has 1 saturated heterocycles. The van der Waals surface area contributed by atoms with Gasteiger partial charge in [-0.15, -0.1) is 11.3 Å². The summed E-state index contributed by atoms with van der Waals surface area (Å²) in [6.45, 7) is 12.5. The number of amides is 3. The Bertz CT molecular complexity index is 1360. The van der Waals surface area contributed by atoms with Crippen molar-refractivity contribution in [2.45, 2.75) is 91.0 Å². The van der Waals surface area contributed by atoms with E-state index in [1.807, 2.05) is 65.8 Å². The Kier molecular flexibility index (Phi) is 9.75. The average Bonchev–Trinajstić information content (AvgIpc) is 3.54. The maximum absolute atomic E-state index is 13.0. The highest BCUT2D eigenvalue weighted by Crippen LogP contribution is 2.21. The zero-order chi connectivity index (χ0) is 30.5. The molecule has 42 heavy (non-hydrogen) atoms. The van der Waals surface area contributed by atoms with E-state index >= 15 is 0 Å². The molecule has 2 aromatic heterocycles. The number of hydrogen-bond acceptors (Lipinski definition) is 8. The van der Waals surface area contributed by atoms with Crippen molar-refractivity contribution in [3.63, 3.8) is 0 Å². The number of carbonyl (C=O) groups excluding carboxylic acids is 3. The third-order valence-electron chi connectivity index (χ3n) is 6.56. The van der Waals surface area contributed by atoms with Crippen LogP contribution < -0.4 is 5.32 Å². The van der Waals surface area contributed by atoms with Crippen molar-refractivity contribution in [3.05, 3.63) is 46.2 Å². The zero-order valence-corrected chi connectivity index (χ0v) is 26.2. The fourth-order valence-electron chi connectivity index (χ4n) is 4.66. The van der Waals surface area contributed by atoms with Crippen LogP contribution in [0.1, 0.15) is 82.1 Å². The summed E-state index contributed by atoms with van der Waals surface area (Å²) in [4.78, 5) is 54.4. The van der Waals surface area contributed by atoms with E-state index in [0.29, 0.717) is 37.6 Å². The minimum absolute atomic E-state index is 0.128. The number of nitrogens with zero attached hydrogens (tertiary/aromatic N) is 4. The number of para-hydroxylation sites is 2. The Morgan fingerprint density at radius 3 is 2.52 bits per heavy atom. The normalized spacial score (nSPS) is 15.9. The fourth-order valence-corrected chi connectivity index (χ4v) is 5.43. The molecule has 0 aliphatic carbocycles. The van der Waals surface area contributed by atoms with Gasteiger partial charge >= 0.3 is 12.2 Å². The second kappa shape index (κ2) is 13.1. The molecular formula is C30H42N6O5S. The van der Waals surface area contributed by atoms with Crippen LogP contribution in [-0.4, -0.2) is 79.7 Å². The van der Waals surface area contributed by atoms with Crippen LogP contribution in [0.4, 0.5) is 9.59 Å². The van der Waals surface area contributed by atoms with E-state index < -0.39 is 17.3 Å². The van der Waals surface area contributed by atoms with Crippen molar-refractivity contribution in [3.8, 4) is 0 Å². The monoisotopic (exact) mass is 598 g/mol. The Morgan fingerprint density at radius 2 is 1.81 bits per heavy atom. The van der Waals surface area contributed by atoms with Crippen molar-refractivity contribution in [1.29, 1.82) is 0 Å². The highest BCUT2D eigenvalue weighted by atomic mass is 32.1. The lowest BCUT2D eigenvalue weighted by molar-refractivity contribution is 0.00979. The first-order chi connectivity index (χ1) is 19.8. The van der Waals surface area contributed by atoms with Gasteiger partial charge in [-0.1, -0.05) is 12.1 Å². The van der Waals surface area contributed by atoms with E-state index in [-0.39, 0.29) is 24.6 Å². The zero-order valence-electron chi connectivity index (χ0n) is 25.4. The average molecular weight is 599 g/mol. The van der Waals surface area contributed by atoms with Crippen LogP contribution in [0.15, 0.2) is 29.6 Å². The van der Waals surface area contributed by atoms with E-state index in [2.05, 4.69) is 20.3 Å². The number of fused-ring (bicyclic) bond motifs is 1. The van der Waals surface area contributed by atoms with Crippen molar-refractivity contribution in [2.75, 3.05) is 19.6 Å². The summed E-state index contributed by atoms with van der Waals surface area (Å²) < 4.78 is 11.2. The van der Waals surface area contributed by atoms with E-state index in [9.17, 15) is 14.4 Å². The Morgan fingerprint density at radius 1 is 1.07 bits per heavy atom. The number of ether oxygens (including phenoxy) is 2. The predicted octanol–water partition coefficient (Wildman–Crippen LogP) is 5.52. The molecule has 3 heterocycles. The molecule has 1 aliphatic heterocycles. The SMILES string of the molecule is CC(C)(C)OC(=O)N(CCc1nc(C(=O)NCC2CCCCN2C(=O)OC(C)(C)C)cs1)Cc1nc2ccccc2[nH]1. The van der Waals surface area contributed by atoms with E-state index in [1.165, 1.54) is 11.3 Å². The summed E-state index contributed by atoms with van der Waals surface area (Å²) in [6.07, 6.45) is 2.35. The molecule has 228 valence electrons. The third-order valence-corrected chi connectivity index (χ3v) is 7.47. The highest BCUT2D eigenvalue weighted by molar-refractivity contribution is 7.09. The summed E-state index contributed by atoms with van der Waals surface area (Å²) in [6, 6.07) is 7.57. The Labute approximate surface area is 251 Å². The first-order valence-electron chi connectivity index (χ1n) is 14.4. The molecule has 1 aliphatic rings.